The van der Waals surface area contributed by atoms with Gasteiger partial charge in [-0.3, -0.25) is 4.79 Å². The Kier molecular flexibility index (Phi) is 7.64. The van der Waals surface area contributed by atoms with Gasteiger partial charge in [-0.05, 0) is 43.0 Å². The van der Waals surface area contributed by atoms with Crippen LogP contribution in [0.15, 0.2) is 54.6 Å². The fourth-order valence-electron chi connectivity index (χ4n) is 3.48. The Labute approximate surface area is 172 Å². The van der Waals surface area contributed by atoms with Crippen molar-refractivity contribution in [3.63, 3.8) is 0 Å². The maximum atomic E-state index is 13.0. The average Bonchev–Trinajstić information content (AvgIpc) is 3.17. The van der Waals surface area contributed by atoms with Crippen LogP contribution in [-0.2, 0) is 16.1 Å². The summed E-state index contributed by atoms with van der Waals surface area (Å²) < 4.78 is 5.12. The first-order valence-corrected chi connectivity index (χ1v) is 10.2. The predicted molar refractivity (Wildman–Crippen MR) is 115 cm³/mol. The molecule has 1 N–H and O–H groups in total. The molecule has 3 rings (SSSR count). The molecule has 1 aliphatic rings. The van der Waals surface area contributed by atoms with E-state index in [1.807, 2.05) is 59.5 Å². The summed E-state index contributed by atoms with van der Waals surface area (Å²) in [5, 5.41) is 3.00. The van der Waals surface area contributed by atoms with E-state index in [1.54, 1.807) is 12.0 Å². The molecule has 6 nitrogen and oxygen atoms in total. The molecule has 6 heteroatoms. The van der Waals surface area contributed by atoms with Gasteiger partial charge < -0.3 is 19.9 Å². The molecule has 0 saturated carbocycles. The molecule has 3 amide bonds. The van der Waals surface area contributed by atoms with Crippen LogP contribution in [0.2, 0.25) is 0 Å². The Balaban J connectivity index is 1.67. The number of hydrogen-bond acceptors (Lipinski definition) is 3. The lowest BCUT2D eigenvalue weighted by atomic mass is 10.2. The van der Waals surface area contributed by atoms with Crippen LogP contribution in [0.1, 0.15) is 31.2 Å². The Hall–Kier alpha value is -2.86. The van der Waals surface area contributed by atoms with Crippen LogP contribution in [0.25, 0.3) is 0 Å². The first kappa shape index (κ1) is 20.9. The van der Waals surface area contributed by atoms with Gasteiger partial charge in [0.25, 0.3) is 0 Å². The number of nitrogens with one attached hydrogen (secondary N) is 1. The zero-order valence-corrected chi connectivity index (χ0v) is 17.0. The van der Waals surface area contributed by atoms with Crippen LogP contribution in [0.4, 0.5) is 16.2 Å². The monoisotopic (exact) mass is 395 g/mol. The molecule has 154 valence electrons. The lowest BCUT2D eigenvalue weighted by Crippen LogP contribution is -2.35. The molecule has 0 spiro atoms. The number of nitrogens with zero attached hydrogens (tertiary/aromatic N) is 2. The summed E-state index contributed by atoms with van der Waals surface area (Å²) >= 11 is 0. The van der Waals surface area contributed by atoms with Crippen LogP contribution in [0.5, 0.6) is 0 Å². The fraction of sp³-hybridized carbons (Fsp3) is 0.391. The second kappa shape index (κ2) is 10.6. The van der Waals surface area contributed by atoms with E-state index >= 15 is 0 Å². The highest BCUT2D eigenvalue weighted by molar-refractivity contribution is 5.96. The van der Waals surface area contributed by atoms with Crippen molar-refractivity contribution >= 4 is 23.3 Å². The van der Waals surface area contributed by atoms with Crippen molar-refractivity contribution in [3.8, 4) is 0 Å². The van der Waals surface area contributed by atoms with Crippen LogP contribution in [-0.4, -0.2) is 43.6 Å². The highest BCUT2D eigenvalue weighted by atomic mass is 16.5. The summed E-state index contributed by atoms with van der Waals surface area (Å²) in [5.74, 6) is 0.136. The van der Waals surface area contributed by atoms with Gasteiger partial charge in [-0.15, -0.1) is 0 Å². The van der Waals surface area contributed by atoms with Gasteiger partial charge in [-0.2, -0.15) is 0 Å². The van der Waals surface area contributed by atoms with Crippen molar-refractivity contribution in [2.75, 3.05) is 37.0 Å². The number of urea groups is 1. The third-order valence-corrected chi connectivity index (χ3v) is 5.01. The van der Waals surface area contributed by atoms with E-state index in [0.717, 1.165) is 37.1 Å². The van der Waals surface area contributed by atoms with Crippen molar-refractivity contribution in [1.82, 2.24) is 4.90 Å². The van der Waals surface area contributed by atoms with E-state index in [-0.39, 0.29) is 11.9 Å². The third-order valence-electron chi connectivity index (χ3n) is 5.01. The normalized spacial score (nSPS) is 13.6. The van der Waals surface area contributed by atoms with Crippen molar-refractivity contribution in [3.05, 3.63) is 60.2 Å². The summed E-state index contributed by atoms with van der Waals surface area (Å²) in [6, 6.07) is 17.3. The second-order valence-corrected chi connectivity index (χ2v) is 7.24. The molecule has 2 aromatic carbocycles. The van der Waals surface area contributed by atoms with E-state index < -0.39 is 0 Å². The minimum atomic E-state index is -0.142. The Bertz CT molecular complexity index is 810. The van der Waals surface area contributed by atoms with Gasteiger partial charge in [-0.25, -0.2) is 4.79 Å². The molecule has 1 heterocycles. The van der Waals surface area contributed by atoms with Gasteiger partial charge >= 0.3 is 6.03 Å². The second-order valence-electron chi connectivity index (χ2n) is 7.24. The van der Waals surface area contributed by atoms with E-state index in [1.165, 1.54) is 0 Å². The number of hydrogen-bond donors (Lipinski definition) is 1. The smallest absolute Gasteiger partial charge is 0.322 e. The lowest BCUT2D eigenvalue weighted by Gasteiger charge is -2.24. The molecule has 0 aliphatic carbocycles. The van der Waals surface area contributed by atoms with Crippen LogP contribution >= 0.6 is 0 Å². The maximum Gasteiger partial charge on any atom is 0.322 e. The topological polar surface area (TPSA) is 61.9 Å². The van der Waals surface area contributed by atoms with Gasteiger partial charge in [-0.1, -0.05) is 36.4 Å². The van der Waals surface area contributed by atoms with E-state index in [2.05, 4.69) is 5.32 Å². The zero-order chi connectivity index (χ0) is 20.5. The maximum absolute atomic E-state index is 13.0. The molecular weight excluding hydrogens is 366 g/mol. The minimum absolute atomic E-state index is 0.136. The SMILES string of the molecule is COCCCCN(Cc1ccccc1)C(=O)Nc1cccc(N2CCCC2=O)c1. The molecule has 2 aromatic rings. The fourth-order valence-corrected chi connectivity index (χ4v) is 3.48. The number of ether oxygens (including phenoxy) is 1. The summed E-state index contributed by atoms with van der Waals surface area (Å²) in [6.07, 6.45) is 3.24. The van der Waals surface area contributed by atoms with E-state index in [4.69, 9.17) is 4.74 Å². The zero-order valence-electron chi connectivity index (χ0n) is 17.0. The summed E-state index contributed by atoms with van der Waals surface area (Å²) in [4.78, 5) is 28.6. The molecule has 1 saturated heterocycles. The first-order valence-electron chi connectivity index (χ1n) is 10.2. The summed E-state index contributed by atoms with van der Waals surface area (Å²) in [6.45, 7) is 2.61. The highest BCUT2D eigenvalue weighted by Crippen LogP contribution is 2.24. The number of methoxy groups -OCH3 is 1. The van der Waals surface area contributed by atoms with Crippen molar-refractivity contribution in [2.24, 2.45) is 0 Å². The van der Waals surface area contributed by atoms with Crippen LogP contribution in [0, 0.1) is 0 Å². The first-order chi connectivity index (χ1) is 14.2. The molecule has 0 bridgehead atoms. The summed E-state index contributed by atoms with van der Waals surface area (Å²) in [5.41, 5.74) is 2.62. The van der Waals surface area contributed by atoms with Crippen molar-refractivity contribution in [2.45, 2.75) is 32.2 Å². The number of anilines is 2. The molecular formula is C23H29N3O3. The number of rotatable bonds is 9. The van der Waals surface area contributed by atoms with Gasteiger partial charge in [0, 0.05) is 51.1 Å². The quantitative estimate of drug-likeness (QED) is 0.645. The number of carbonyl (C=O) groups excluding carboxylic acids is 2. The van der Waals surface area contributed by atoms with Gasteiger partial charge in [0.1, 0.15) is 0 Å². The standard InChI is InChI=1S/C23H29N3O3/c1-29-16-6-5-14-25(18-19-9-3-2-4-10-19)23(28)24-20-11-7-12-21(17-20)26-15-8-13-22(26)27/h2-4,7,9-12,17H,5-6,8,13-16,18H2,1H3,(H,24,28). The number of carbonyl (C=O) groups is 2. The molecule has 29 heavy (non-hydrogen) atoms. The Morgan fingerprint density at radius 1 is 1.14 bits per heavy atom. The molecule has 1 fully saturated rings. The largest absolute Gasteiger partial charge is 0.385 e. The third kappa shape index (κ3) is 6.06. The van der Waals surface area contributed by atoms with Gasteiger partial charge in [0.2, 0.25) is 5.91 Å². The number of amides is 3. The number of benzene rings is 2. The van der Waals surface area contributed by atoms with Gasteiger partial charge in [0.05, 0.1) is 0 Å². The molecule has 0 unspecified atom stereocenters. The van der Waals surface area contributed by atoms with E-state index in [9.17, 15) is 9.59 Å². The highest BCUT2D eigenvalue weighted by Gasteiger charge is 2.22. The van der Waals surface area contributed by atoms with Crippen molar-refractivity contribution < 1.29 is 14.3 Å². The molecule has 0 atom stereocenters. The molecule has 0 radical (unpaired) electrons. The number of unbranched alkanes of at least 4 members (excludes halogenated alkanes) is 1. The summed E-state index contributed by atoms with van der Waals surface area (Å²) in [7, 11) is 1.69. The molecule has 1 aliphatic heterocycles. The van der Waals surface area contributed by atoms with Crippen LogP contribution in [0.3, 0.4) is 0 Å². The Morgan fingerprint density at radius 3 is 2.69 bits per heavy atom. The minimum Gasteiger partial charge on any atom is -0.385 e. The van der Waals surface area contributed by atoms with Crippen LogP contribution < -0.4 is 10.2 Å². The van der Waals surface area contributed by atoms with Crippen molar-refractivity contribution in [1.29, 1.82) is 0 Å². The lowest BCUT2D eigenvalue weighted by molar-refractivity contribution is -0.117. The molecule has 0 aromatic heterocycles. The Morgan fingerprint density at radius 2 is 1.97 bits per heavy atom. The van der Waals surface area contributed by atoms with Gasteiger partial charge in [0.15, 0.2) is 0 Å². The van der Waals surface area contributed by atoms with E-state index in [0.29, 0.717) is 31.8 Å². The predicted octanol–water partition coefficient (Wildman–Crippen LogP) is 4.27. The average molecular weight is 396 g/mol.